The van der Waals surface area contributed by atoms with Crippen molar-refractivity contribution in [3.05, 3.63) is 47.4 Å². The Morgan fingerprint density at radius 2 is 1.92 bits per heavy atom. The molecule has 11 heteroatoms. The van der Waals surface area contributed by atoms with Gasteiger partial charge in [0.05, 0.1) is 17.6 Å². The summed E-state index contributed by atoms with van der Waals surface area (Å²) in [7, 11) is 0. The summed E-state index contributed by atoms with van der Waals surface area (Å²) in [6.45, 7) is 5.70. The molecule has 4 rings (SSSR count). The fourth-order valence-electron chi connectivity index (χ4n) is 5.00. The van der Waals surface area contributed by atoms with Crippen LogP contribution in [0.4, 0.5) is 26.3 Å². The Labute approximate surface area is 217 Å². The maximum absolute atomic E-state index is 14.2. The highest BCUT2D eigenvalue weighted by molar-refractivity contribution is 5.80. The number of hydrogen-bond acceptors (Lipinski definition) is 3. The van der Waals surface area contributed by atoms with Gasteiger partial charge in [-0.2, -0.15) is 26.3 Å². The van der Waals surface area contributed by atoms with Gasteiger partial charge in [0, 0.05) is 32.0 Å². The molecular formula is C27H33F6N5. The molecule has 3 heterocycles. The Hall–Kier alpha value is -2.82. The van der Waals surface area contributed by atoms with E-state index in [1.165, 1.54) is 19.4 Å². The van der Waals surface area contributed by atoms with E-state index in [1.54, 1.807) is 24.5 Å². The van der Waals surface area contributed by atoms with Crippen LogP contribution < -0.4 is 0 Å². The first-order valence-corrected chi connectivity index (χ1v) is 12.9. The number of alkyl halides is 6. The molecule has 0 spiro atoms. The zero-order chi connectivity index (χ0) is 27.7. The monoisotopic (exact) mass is 541 g/mol. The van der Waals surface area contributed by atoms with Crippen molar-refractivity contribution >= 4 is 23.1 Å². The van der Waals surface area contributed by atoms with E-state index in [1.807, 2.05) is 26.8 Å². The molecule has 1 fully saturated rings. The van der Waals surface area contributed by atoms with Crippen LogP contribution in [-0.4, -0.2) is 43.1 Å². The average Bonchev–Trinajstić information content (AvgIpc) is 3.29. The lowest BCUT2D eigenvalue weighted by atomic mass is 9.85. The topological polar surface area (TPSA) is 38.4 Å². The van der Waals surface area contributed by atoms with Crippen LogP contribution >= 0.6 is 0 Å². The fourth-order valence-corrected chi connectivity index (χ4v) is 5.00. The Morgan fingerprint density at radius 3 is 2.53 bits per heavy atom. The summed E-state index contributed by atoms with van der Waals surface area (Å²) in [6.07, 6.45) is 0.340. The fraction of sp³-hybridized carbons (Fsp3) is 0.556. The van der Waals surface area contributed by atoms with E-state index in [9.17, 15) is 26.3 Å². The second kappa shape index (κ2) is 11.1. The van der Waals surface area contributed by atoms with E-state index in [2.05, 4.69) is 16.0 Å². The Bertz CT molecular complexity index is 1310. The molecule has 3 aromatic heterocycles. The van der Waals surface area contributed by atoms with E-state index in [0.29, 0.717) is 24.1 Å². The summed E-state index contributed by atoms with van der Waals surface area (Å²) in [4.78, 5) is 9.87. The molecule has 1 aliphatic carbocycles. The minimum atomic E-state index is -4.77. The van der Waals surface area contributed by atoms with Gasteiger partial charge in [0.2, 0.25) is 5.78 Å². The van der Waals surface area contributed by atoms with Crippen LogP contribution in [-0.2, 0) is 12.7 Å². The van der Waals surface area contributed by atoms with Gasteiger partial charge < -0.3 is 0 Å². The average molecular weight is 542 g/mol. The van der Waals surface area contributed by atoms with Crippen LogP contribution in [0.15, 0.2) is 36.1 Å². The molecule has 5 nitrogen and oxygen atoms in total. The molecular weight excluding hydrogens is 508 g/mol. The molecule has 1 unspecified atom stereocenters. The van der Waals surface area contributed by atoms with Crippen molar-refractivity contribution in [3.63, 3.8) is 0 Å². The molecule has 0 bridgehead atoms. The van der Waals surface area contributed by atoms with Gasteiger partial charge in [-0.1, -0.05) is 31.1 Å². The Kier molecular flexibility index (Phi) is 8.25. The van der Waals surface area contributed by atoms with Crippen LogP contribution in [0.2, 0.25) is 0 Å². The summed E-state index contributed by atoms with van der Waals surface area (Å²) in [5.41, 5.74) is 0.769. The molecule has 1 saturated carbocycles. The predicted molar refractivity (Wildman–Crippen MR) is 135 cm³/mol. The molecule has 0 saturated heterocycles. The smallest absolute Gasteiger partial charge is 0.297 e. The van der Waals surface area contributed by atoms with Crippen LogP contribution in [0.25, 0.3) is 23.1 Å². The third-order valence-electron chi connectivity index (χ3n) is 6.88. The van der Waals surface area contributed by atoms with E-state index >= 15 is 0 Å². The third-order valence-corrected chi connectivity index (χ3v) is 6.88. The molecule has 3 aromatic rings. The van der Waals surface area contributed by atoms with Crippen molar-refractivity contribution in [3.8, 4) is 0 Å². The first-order valence-electron chi connectivity index (χ1n) is 12.9. The molecule has 1 atom stereocenters. The maximum Gasteiger partial charge on any atom is 0.435 e. The molecule has 0 N–H and O–H groups in total. The van der Waals surface area contributed by atoms with Gasteiger partial charge >= 0.3 is 12.4 Å². The van der Waals surface area contributed by atoms with Gasteiger partial charge in [0.15, 0.2) is 11.3 Å². The van der Waals surface area contributed by atoms with Gasteiger partial charge in [-0.05, 0) is 57.1 Å². The number of pyridine rings is 1. The number of fused-ring (bicyclic) bond motifs is 3. The summed E-state index contributed by atoms with van der Waals surface area (Å²) in [6, 6.07) is 3.28. The van der Waals surface area contributed by atoms with Crippen LogP contribution in [0.3, 0.4) is 0 Å². The summed E-state index contributed by atoms with van der Waals surface area (Å²) < 4.78 is 84.8. The van der Waals surface area contributed by atoms with E-state index in [-0.39, 0.29) is 36.4 Å². The molecule has 0 aromatic carbocycles. The Balaban J connectivity index is 1.79. The molecule has 1 aliphatic rings. The SMILES string of the molecule is CC(C)=CC(C)C/C=C/n1c2ncccc2n2c(CN(CCC(F)(F)F)CC3CCC3)c(C(F)(F)F)nc12. The quantitative estimate of drug-likeness (QED) is 0.195. The van der Waals surface area contributed by atoms with E-state index < -0.39 is 24.5 Å². The lowest BCUT2D eigenvalue weighted by Crippen LogP contribution is -2.35. The van der Waals surface area contributed by atoms with Crippen molar-refractivity contribution in [2.24, 2.45) is 11.8 Å². The van der Waals surface area contributed by atoms with Crippen molar-refractivity contribution in [1.29, 1.82) is 0 Å². The highest BCUT2D eigenvalue weighted by atomic mass is 19.4. The number of imidazole rings is 2. The number of rotatable bonds is 10. The maximum atomic E-state index is 14.2. The zero-order valence-corrected chi connectivity index (χ0v) is 21.8. The summed E-state index contributed by atoms with van der Waals surface area (Å²) in [5, 5.41) is 0. The first kappa shape index (κ1) is 28.2. The van der Waals surface area contributed by atoms with Crippen LogP contribution in [0.5, 0.6) is 0 Å². The van der Waals surface area contributed by atoms with Gasteiger partial charge in [-0.15, -0.1) is 0 Å². The third kappa shape index (κ3) is 6.59. The highest BCUT2D eigenvalue weighted by Gasteiger charge is 2.40. The predicted octanol–water partition coefficient (Wildman–Crippen LogP) is 7.72. The van der Waals surface area contributed by atoms with Gasteiger partial charge in [-0.3, -0.25) is 13.9 Å². The lowest BCUT2D eigenvalue weighted by Gasteiger charge is -2.32. The zero-order valence-electron chi connectivity index (χ0n) is 21.8. The van der Waals surface area contributed by atoms with Crippen molar-refractivity contribution in [2.75, 3.05) is 13.1 Å². The summed E-state index contributed by atoms with van der Waals surface area (Å²) >= 11 is 0. The van der Waals surface area contributed by atoms with Crippen molar-refractivity contribution in [1.82, 2.24) is 23.8 Å². The number of allylic oxidation sites excluding steroid dienone is 3. The minimum absolute atomic E-state index is 0.0338. The second-order valence-corrected chi connectivity index (χ2v) is 10.5. The number of hydrogen-bond donors (Lipinski definition) is 0. The molecule has 38 heavy (non-hydrogen) atoms. The van der Waals surface area contributed by atoms with Gasteiger partial charge in [0.25, 0.3) is 0 Å². The molecule has 0 aliphatic heterocycles. The lowest BCUT2D eigenvalue weighted by molar-refractivity contribution is -0.143. The van der Waals surface area contributed by atoms with Crippen LogP contribution in [0, 0.1) is 11.8 Å². The molecule has 0 amide bonds. The van der Waals surface area contributed by atoms with Crippen LogP contribution in [0.1, 0.15) is 64.3 Å². The minimum Gasteiger partial charge on any atom is -0.297 e. The van der Waals surface area contributed by atoms with Gasteiger partial charge in [-0.25, -0.2) is 9.97 Å². The standard InChI is InChI=1S/C27H33F6N5/c1-18(2)15-19(3)7-6-13-37-24-21(10-5-12-34-24)38-22(23(27(31,32)33)35-25(37)38)17-36(14-11-26(28,29)30)16-20-8-4-9-20/h5-6,10,12-13,15,19-20H,4,7-9,11,14,16-17H2,1-3H3/b13-6+. The van der Waals surface area contributed by atoms with Crippen molar-refractivity contribution < 1.29 is 26.3 Å². The largest absolute Gasteiger partial charge is 0.435 e. The number of halogens is 6. The van der Waals surface area contributed by atoms with E-state index in [0.717, 1.165) is 19.3 Å². The number of nitrogens with zero attached hydrogens (tertiary/aromatic N) is 5. The van der Waals surface area contributed by atoms with Gasteiger partial charge in [0.1, 0.15) is 0 Å². The molecule has 208 valence electrons. The second-order valence-electron chi connectivity index (χ2n) is 10.5. The normalized spacial score (nSPS) is 16.2. The van der Waals surface area contributed by atoms with Crippen molar-refractivity contribution in [2.45, 2.75) is 71.8 Å². The highest BCUT2D eigenvalue weighted by Crippen LogP contribution is 2.36. The number of aromatic nitrogens is 4. The Morgan fingerprint density at radius 1 is 1.18 bits per heavy atom. The first-order chi connectivity index (χ1) is 17.8. The summed E-state index contributed by atoms with van der Waals surface area (Å²) in [5.74, 6) is 0.457. The molecule has 0 radical (unpaired) electrons. The van der Waals surface area contributed by atoms with E-state index in [4.69, 9.17) is 0 Å².